The molecule has 4 aromatic rings. The SMILES string of the molecule is CCN(CC)CC(CSc1ccccc1)Nc1ccc(S(=O)(=O)NC(=O)c2ccc(N3CCN(CC4=C(c5ccc(Cl)cc5)CCCC4)CC3)cc2)cc1[N+](=O)[O-]. The van der Waals surface area contributed by atoms with Gasteiger partial charge in [-0.05, 0) is 111 Å². The van der Waals surface area contributed by atoms with Crippen LogP contribution in [0.1, 0.15) is 55.5 Å². The number of nitro benzene ring substituents is 1. The molecule has 6 rings (SSSR count). The van der Waals surface area contributed by atoms with E-state index in [1.807, 2.05) is 54.6 Å². The maximum absolute atomic E-state index is 13.4. The van der Waals surface area contributed by atoms with E-state index in [1.165, 1.54) is 41.7 Å². The van der Waals surface area contributed by atoms with E-state index in [2.05, 4.69) is 50.7 Å². The van der Waals surface area contributed by atoms with E-state index in [4.69, 9.17) is 11.6 Å². The first-order valence-electron chi connectivity index (χ1n) is 19.6. The molecule has 0 radical (unpaired) electrons. The molecule has 0 bridgehead atoms. The molecule has 1 aliphatic carbocycles. The number of allylic oxidation sites excluding steroid dienone is 1. The summed E-state index contributed by atoms with van der Waals surface area (Å²) in [6, 6.07) is 28.5. The number of carbonyl (C=O) groups excluding carboxylic acids is 1. The van der Waals surface area contributed by atoms with E-state index in [-0.39, 0.29) is 27.9 Å². The van der Waals surface area contributed by atoms with Gasteiger partial charge in [0, 0.05) is 78.3 Å². The molecule has 11 nitrogen and oxygen atoms in total. The van der Waals surface area contributed by atoms with Gasteiger partial charge in [-0.2, -0.15) is 0 Å². The Bertz CT molecular complexity index is 2120. The molecule has 302 valence electrons. The van der Waals surface area contributed by atoms with Crippen molar-refractivity contribution in [1.82, 2.24) is 14.5 Å². The standard InChI is InChI=1S/C43H51ClN6O5S2/c1-3-47(4-2)30-36(31-56-38-11-6-5-7-12-38)45-41-23-22-39(28-42(41)50(52)53)57(54,55)46-43(51)33-16-20-37(21-17-33)49-26-24-48(25-27-49)29-34-10-8-9-13-40(34)32-14-18-35(44)19-15-32/h5-7,11-12,14-23,28,36,45H,3-4,8-10,13,24-27,29-31H2,1-2H3,(H,46,51). The molecule has 2 aliphatic rings. The van der Waals surface area contributed by atoms with Crippen molar-refractivity contribution in [1.29, 1.82) is 0 Å². The van der Waals surface area contributed by atoms with Crippen LogP contribution in [-0.2, 0) is 10.0 Å². The number of halogens is 1. The second kappa shape index (κ2) is 19.8. The van der Waals surface area contributed by atoms with Gasteiger partial charge in [0.25, 0.3) is 21.6 Å². The highest BCUT2D eigenvalue weighted by Crippen LogP contribution is 2.34. The van der Waals surface area contributed by atoms with Crippen molar-refractivity contribution in [3.8, 4) is 0 Å². The number of rotatable bonds is 17. The smallest absolute Gasteiger partial charge is 0.293 e. The number of hydrogen-bond donors (Lipinski definition) is 2. The lowest BCUT2D eigenvalue weighted by Crippen LogP contribution is -2.47. The van der Waals surface area contributed by atoms with Crippen molar-refractivity contribution in [3.05, 3.63) is 129 Å². The Hall–Kier alpha value is -4.40. The van der Waals surface area contributed by atoms with Gasteiger partial charge in [-0.3, -0.25) is 19.8 Å². The van der Waals surface area contributed by atoms with E-state index < -0.39 is 20.9 Å². The lowest BCUT2D eigenvalue weighted by atomic mass is 9.87. The summed E-state index contributed by atoms with van der Waals surface area (Å²) >= 11 is 7.79. The first kappa shape index (κ1) is 42.2. The number of anilines is 2. The topological polar surface area (TPSA) is 128 Å². The number of nitrogens with one attached hydrogen (secondary N) is 2. The van der Waals surface area contributed by atoms with E-state index in [1.54, 1.807) is 23.9 Å². The Kier molecular flexibility index (Phi) is 14.7. The third-order valence-electron chi connectivity index (χ3n) is 10.7. The van der Waals surface area contributed by atoms with Crippen molar-refractivity contribution >= 4 is 61.9 Å². The van der Waals surface area contributed by atoms with Crippen LogP contribution >= 0.6 is 23.4 Å². The molecule has 0 aromatic heterocycles. The predicted molar refractivity (Wildman–Crippen MR) is 232 cm³/mol. The molecular formula is C43H51ClN6O5S2. The minimum atomic E-state index is -4.42. The molecule has 4 aromatic carbocycles. The average Bonchev–Trinajstić information content (AvgIpc) is 3.23. The van der Waals surface area contributed by atoms with Gasteiger partial charge in [0.2, 0.25) is 0 Å². The largest absolute Gasteiger partial charge is 0.375 e. The number of nitro groups is 1. The zero-order valence-electron chi connectivity index (χ0n) is 32.5. The molecule has 1 atom stereocenters. The number of nitrogens with zero attached hydrogens (tertiary/aromatic N) is 4. The summed E-state index contributed by atoms with van der Waals surface area (Å²) in [5, 5.41) is 16.3. The Morgan fingerprint density at radius 2 is 1.60 bits per heavy atom. The van der Waals surface area contributed by atoms with E-state index >= 15 is 0 Å². The molecule has 0 saturated carbocycles. The van der Waals surface area contributed by atoms with Crippen molar-refractivity contribution in [2.24, 2.45) is 0 Å². The van der Waals surface area contributed by atoms with Crippen LogP contribution in [0.25, 0.3) is 5.57 Å². The maximum Gasteiger partial charge on any atom is 0.293 e. The normalized spacial score (nSPS) is 15.8. The lowest BCUT2D eigenvalue weighted by Gasteiger charge is -2.37. The van der Waals surface area contributed by atoms with E-state index in [9.17, 15) is 23.3 Å². The fraction of sp³-hybridized carbons (Fsp3) is 0.372. The third-order valence-corrected chi connectivity index (χ3v) is 13.4. The van der Waals surface area contributed by atoms with Gasteiger partial charge >= 0.3 is 0 Å². The highest BCUT2D eigenvalue weighted by Gasteiger charge is 2.26. The van der Waals surface area contributed by atoms with Crippen LogP contribution in [-0.4, -0.2) is 93.2 Å². The molecule has 1 fully saturated rings. The van der Waals surface area contributed by atoms with Gasteiger partial charge in [-0.25, -0.2) is 13.1 Å². The number of hydrogen-bond acceptors (Lipinski definition) is 10. The van der Waals surface area contributed by atoms with Gasteiger partial charge in [0.15, 0.2) is 0 Å². The molecule has 1 heterocycles. The Balaban J connectivity index is 1.07. The first-order valence-corrected chi connectivity index (χ1v) is 22.4. The van der Waals surface area contributed by atoms with Gasteiger partial charge in [0.1, 0.15) is 5.69 Å². The molecule has 1 unspecified atom stereocenters. The summed E-state index contributed by atoms with van der Waals surface area (Å²) in [6.07, 6.45) is 4.62. The number of amides is 1. The third kappa shape index (κ3) is 11.4. The Morgan fingerprint density at radius 3 is 2.26 bits per heavy atom. The average molecular weight is 832 g/mol. The van der Waals surface area contributed by atoms with Crippen molar-refractivity contribution < 1.29 is 18.1 Å². The minimum Gasteiger partial charge on any atom is -0.375 e. The molecule has 1 saturated heterocycles. The molecule has 0 spiro atoms. The quantitative estimate of drug-likeness (QED) is 0.0608. The number of sulfonamides is 1. The van der Waals surface area contributed by atoms with Crippen molar-refractivity contribution in [2.75, 3.05) is 68.3 Å². The second-order valence-corrected chi connectivity index (χ2v) is 17.6. The van der Waals surface area contributed by atoms with Crippen LogP contribution in [0.2, 0.25) is 5.02 Å². The monoisotopic (exact) mass is 830 g/mol. The highest BCUT2D eigenvalue weighted by atomic mass is 35.5. The lowest BCUT2D eigenvalue weighted by molar-refractivity contribution is -0.384. The maximum atomic E-state index is 13.4. The van der Waals surface area contributed by atoms with Crippen molar-refractivity contribution in [2.45, 2.75) is 55.4 Å². The zero-order valence-corrected chi connectivity index (χ0v) is 34.9. The Morgan fingerprint density at radius 1 is 0.912 bits per heavy atom. The van der Waals surface area contributed by atoms with Gasteiger partial charge in [0.05, 0.1) is 9.82 Å². The fourth-order valence-corrected chi connectivity index (χ4v) is 9.51. The molecule has 2 N–H and O–H groups in total. The van der Waals surface area contributed by atoms with Gasteiger partial charge < -0.3 is 15.1 Å². The van der Waals surface area contributed by atoms with Crippen LogP contribution in [0, 0.1) is 10.1 Å². The molecular weight excluding hydrogens is 780 g/mol. The number of thioether (sulfide) groups is 1. The Labute approximate surface area is 345 Å². The molecule has 57 heavy (non-hydrogen) atoms. The van der Waals surface area contributed by atoms with Gasteiger partial charge in [-0.1, -0.05) is 61.4 Å². The van der Waals surface area contributed by atoms with Crippen LogP contribution in [0.5, 0.6) is 0 Å². The summed E-state index contributed by atoms with van der Waals surface area (Å²) < 4.78 is 28.9. The number of benzene rings is 4. The number of piperazine rings is 1. The minimum absolute atomic E-state index is 0.169. The number of likely N-dealkylation sites (N-methyl/N-ethyl adjacent to an activating group) is 1. The highest BCUT2D eigenvalue weighted by molar-refractivity contribution is 7.99. The van der Waals surface area contributed by atoms with E-state index in [0.29, 0.717) is 12.3 Å². The summed E-state index contributed by atoms with van der Waals surface area (Å²) in [7, 11) is -4.42. The van der Waals surface area contributed by atoms with Crippen LogP contribution in [0.3, 0.4) is 0 Å². The zero-order chi connectivity index (χ0) is 40.4. The molecule has 1 aliphatic heterocycles. The van der Waals surface area contributed by atoms with Crippen LogP contribution in [0.4, 0.5) is 17.1 Å². The number of carbonyl (C=O) groups is 1. The molecule has 14 heteroatoms. The summed E-state index contributed by atoms with van der Waals surface area (Å²) in [5.41, 5.74) is 5.17. The van der Waals surface area contributed by atoms with Crippen molar-refractivity contribution in [3.63, 3.8) is 0 Å². The summed E-state index contributed by atoms with van der Waals surface area (Å²) in [5.74, 6) is -0.181. The predicted octanol–water partition coefficient (Wildman–Crippen LogP) is 8.43. The summed E-state index contributed by atoms with van der Waals surface area (Å²) in [4.78, 5) is 32.6. The molecule has 1 amide bonds. The first-order chi connectivity index (χ1) is 27.5. The van der Waals surface area contributed by atoms with Crippen LogP contribution in [0.15, 0.2) is 112 Å². The van der Waals surface area contributed by atoms with E-state index in [0.717, 1.165) is 80.3 Å². The van der Waals surface area contributed by atoms with Crippen LogP contribution < -0.4 is 14.9 Å². The fourth-order valence-electron chi connectivity index (χ4n) is 7.46. The van der Waals surface area contributed by atoms with Gasteiger partial charge in [-0.15, -0.1) is 11.8 Å². The summed E-state index contributed by atoms with van der Waals surface area (Å²) in [6.45, 7) is 10.8. The second-order valence-electron chi connectivity index (χ2n) is 14.4.